The molecular formula is C16H23FN2O. The summed E-state index contributed by atoms with van der Waals surface area (Å²) in [5.74, 6) is 5.89. The van der Waals surface area contributed by atoms with Gasteiger partial charge in [0.25, 0.3) is 0 Å². The smallest absolute Gasteiger partial charge is 0.128 e. The Morgan fingerprint density at radius 1 is 1.30 bits per heavy atom. The van der Waals surface area contributed by atoms with Crippen molar-refractivity contribution in [2.75, 3.05) is 6.61 Å². The Bertz CT molecular complexity index is 460. The van der Waals surface area contributed by atoms with E-state index in [0.717, 1.165) is 32.3 Å². The van der Waals surface area contributed by atoms with Crippen molar-refractivity contribution in [1.82, 2.24) is 5.43 Å². The molecule has 2 atom stereocenters. The van der Waals surface area contributed by atoms with Crippen molar-refractivity contribution in [2.45, 2.75) is 50.2 Å². The highest BCUT2D eigenvalue weighted by atomic mass is 19.1. The first-order chi connectivity index (χ1) is 9.74. The topological polar surface area (TPSA) is 47.3 Å². The third-order valence-corrected chi connectivity index (χ3v) is 4.94. The van der Waals surface area contributed by atoms with E-state index in [1.165, 1.54) is 18.9 Å². The lowest BCUT2D eigenvalue weighted by atomic mass is 9.78. The molecular weight excluding hydrogens is 255 g/mol. The molecule has 3 nitrogen and oxygen atoms in total. The van der Waals surface area contributed by atoms with Gasteiger partial charge in [0.2, 0.25) is 0 Å². The average Bonchev–Trinajstić information content (AvgIpc) is 2.90. The molecule has 0 radical (unpaired) electrons. The zero-order valence-electron chi connectivity index (χ0n) is 11.8. The zero-order valence-corrected chi connectivity index (χ0v) is 11.8. The van der Waals surface area contributed by atoms with Gasteiger partial charge in [0.05, 0.1) is 11.6 Å². The minimum absolute atomic E-state index is 0.0310. The number of nitrogens with two attached hydrogens (primary N) is 1. The minimum atomic E-state index is -0.178. The third kappa shape index (κ3) is 2.60. The molecule has 110 valence electrons. The van der Waals surface area contributed by atoms with Crippen molar-refractivity contribution < 1.29 is 9.13 Å². The first-order valence-corrected chi connectivity index (χ1v) is 7.59. The van der Waals surface area contributed by atoms with Gasteiger partial charge in [-0.15, -0.1) is 0 Å². The van der Waals surface area contributed by atoms with Gasteiger partial charge in [-0.1, -0.05) is 31.0 Å². The van der Waals surface area contributed by atoms with Crippen molar-refractivity contribution in [3.63, 3.8) is 0 Å². The van der Waals surface area contributed by atoms with Crippen molar-refractivity contribution in [3.8, 4) is 0 Å². The second-order valence-electron chi connectivity index (χ2n) is 6.16. The molecule has 1 aliphatic carbocycles. The van der Waals surface area contributed by atoms with Gasteiger partial charge in [-0.05, 0) is 37.7 Å². The first-order valence-electron chi connectivity index (χ1n) is 7.59. The molecule has 2 aliphatic rings. The summed E-state index contributed by atoms with van der Waals surface area (Å²) in [5, 5.41) is 0. The van der Waals surface area contributed by atoms with Crippen LogP contribution in [0.5, 0.6) is 0 Å². The molecule has 1 aliphatic heterocycles. The largest absolute Gasteiger partial charge is 0.375 e. The van der Waals surface area contributed by atoms with E-state index >= 15 is 0 Å². The molecule has 1 spiro atoms. The standard InChI is InChI=1S/C16H23FN2O/c17-14-6-2-1-5-13(14)15(19-18)12-7-10-20-16(11-12)8-3-4-9-16/h1-2,5-6,12,15,19H,3-4,7-11,18H2. The maximum Gasteiger partial charge on any atom is 0.128 e. The average molecular weight is 278 g/mol. The van der Waals surface area contributed by atoms with E-state index in [1.54, 1.807) is 6.07 Å². The van der Waals surface area contributed by atoms with E-state index in [0.29, 0.717) is 11.5 Å². The molecule has 1 aromatic carbocycles. The van der Waals surface area contributed by atoms with Crippen LogP contribution < -0.4 is 11.3 Å². The maximum absolute atomic E-state index is 14.0. The van der Waals surface area contributed by atoms with Crippen molar-refractivity contribution in [3.05, 3.63) is 35.6 Å². The predicted octanol–water partition coefficient (Wildman–Crippen LogP) is 3.07. The summed E-state index contributed by atoms with van der Waals surface area (Å²) >= 11 is 0. The van der Waals surface area contributed by atoms with E-state index in [4.69, 9.17) is 10.6 Å². The molecule has 3 rings (SSSR count). The van der Waals surface area contributed by atoms with Crippen LogP contribution in [0.25, 0.3) is 0 Å². The number of rotatable bonds is 3. The lowest BCUT2D eigenvalue weighted by molar-refractivity contribution is -0.0983. The molecule has 1 saturated heterocycles. The van der Waals surface area contributed by atoms with Crippen LogP contribution in [0.4, 0.5) is 4.39 Å². The Morgan fingerprint density at radius 3 is 2.75 bits per heavy atom. The van der Waals surface area contributed by atoms with E-state index in [-0.39, 0.29) is 17.5 Å². The fourth-order valence-electron chi connectivity index (χ4n) is 3.93. The fraction of sp³-hybridized carbons (Fsp3) is 0.625. The SMILES string of the molecule is NNC(c1ccccc1F)C1CCOC2(CCCC2)C1. The van der Waals surface area contributed by atoms with Gasteiger partial charge >= 0.3 is 0 Å². The zero-order chi connectivity index (χ0) is 14.0. The molecule has 1 aromatic rings. The van der Waals surface area contributed by atoms with Gasteiger partial charge in [-0.2, -0.15) is 0 Å². The van der Waals surface area contributed by atoms with Gasteiger partial charge in [0, 0.05) is 12.2 Å². The lowest BCUT2D eigenvalue weighted by Crippen LogP contribution is -2.43. The highest BCUT2D eigenvalue weighted by Gasteiger charge is 2.42. The molecule has 1 heterocycles. The Morgan fingerprint density at radius 2 is 2.05 bits per heavy atom. The summed E-state index contributed by atoms with van der Waals surface area (Å²) in [4.78, 5) is 0. The molecule has 0 bridgehead atoms. The Balaban J connectivity index is 1.81. The van der Waals surface area contributed by atoms with Gasteiger partial charge < -0.3 is 4.74 Å². The Labute approximate surface area is 119 Å². The molecule has 1 saturated carbocycles. The van der Waals surface area contributed by atoms with E-state index in [1.807, 2.05) is 12.1 Å². The number of ether oxygens (including phenoxy) is 1. The quantitative estimate of drug-likeness (QED) is 0.660. The number of nitrogens with one attached hydrogen (secondary N) is 1. The summed E-state index contributed by atoms with van der Waals surface area (Å²) in [5.41, 5.74) is 3.55. The van der Waals surface area contributed by atoms with Crippen LogP contribution in [0.2, 0.25) is 0 Å². The summed E-state index contributed by atoms with van der Waals surface area (Å²) in [6.45, 7) is 0.761. The van der Waals surface area contributed by atoms with Gasteiger partial charge in [0.1, 0.15) is 5.82 Å². The fourth-order valence-corrected chi connectivity index (χ4v) is 3.93. The van der Waals surface area contributed by atoms with Crippen molar-refractivity contribution in [2.24, 2.45) is 11.8 Å². The molecule has 4 heteroatoms. The van der Waals surface area contributed by atoms with Crippen molar-refractivity contribution >= 4 is 0 Å². The van der Waals surface area contributed by atoms with E-state index < -0.39 is 0 Å². The predicted molar refractivity (Wildman–Crippen MR) is 76.3 cm³/mol. The third-order valence-electron chi connectivity index (χ3n) is 4.94. The second-order valence-corrected chi connectivity index (χ2v) is 6.16. The van der Waals surface area contributed by atoms with Crippen LogP contribution in [-0.4, -0.2) is 12.2 Å². The van der Waals surface area contributed by atoms with Gasteiger partial charge in [-0.25, -0.2) is 4.39 Å². The summed E-state index contributed by atoms with van der Waals surface area (Å²) in [7, 11) is 0. The lowest BCUT2D eigenvalue weighted by Gasteiger charge is -2.41. The summed E-state index contributed by atoms with van der Waals surface area (Å²) in [6.07, 6.45) is 6.68. The molecule has 2 unspecified atom stereocenters. The number of benzene rings is 1. The van der Waals surface area contributed by atoms with Crippen LogP contribution in [0.1, 0.15) is 50.1 Å². The van der Waals surface area contributed by atoms with E-state index in [2.05, 4.69) is 5.43 Å². The first kappa shape index (κ1) is 14.0. The number of hydrogen-bond donors (Lipinski definition) is 2. The van der Waals surface area contributed by atoms with Crippen LogP contribution in [-0.2, 0) is 4.74 Å². The molecule has 3 N–H and O–H groups in total. The van der Waals surface area contributed by atoms with Crippen LogP contribution in [0.3, 0.4) is 0 Å². The molecule has 0 amide bonds. The normalized spacial score (nSPS) is 26.8. The maximum atomic E-state index is 14.0. The summed E-state index contributed by atoms with van der Waals surface area (Å²) in [6, 6.07) is 6.79. The number of hydrogen-bond acceptors (Lipinski definition) is 3. The van der Waals surface area contributed by atoms with Crippen LogP contribution in [0.15, 0.2) is 24.3 Å². The van der Waals surface area contributed by atoms with Crippen LogP contribution >= 0.6 is 0 Å². The highest BCUT2D eigenvalue weighted by Crippen LogP contribution is 2.45. The number of halogens is 1. The Kier molecular flexibility index (Phi) is 4.06. The molecule has 2 fully saturated rings. The molecule has 20 heavy (non-hydrogen) atoms. The minimum Gasteiger partial charge on any atom is -0.375 e. The van der Waals surface area contributed by atoms with Crippen LogP contribution in [0, 0.1) is 11.7 Å². The molecule has 0 aromatic heterocycles. The monoisotopic (exact) mass is 278 g/mol. The highest BCUT2D eigenvalue weighted by molar-refractivity contribution is 5.22. The second kappa shape index (κ2) is 5.80. The van der Waals surface area contributed by atoms with E-state index in [9.17, 15) is 4.39 Å². The number of hydrazine groups is 1. The van der Waals surface area contributed by atoms with Gasteiger partial charge in [0.15, 0.2) is 0 Å². The van der Waals surface area contributed by atoms with Gasteiger partial charge in [-0.3, -0.25) is 11.3 Å². The summed E-state index contributed by atoms with van der Waals surface area (Å²) < 4.78 is 20.1. The van der Waals surface area contributed by atoms with Crippen molar-refractivity contribution in [1.29, 1.82) is 0 Å². The Hall–Kier alpha value is -0.970.